The van der Waals surface area contributed by atoms with Gasteiger partial charge in [0.1, 0.15) is 17.3 Å². The van der Waals surface area contributed by atoms with Crippen molar-refractivity contribution in [2.45, 2.75) is 13.5 Å². The molecule has 2 aromatic heterocycles. The highest BCUT2D eigenvalue weighted by Gasteiger charge is 2.22. The number of carbonyl (C=O) groups is 2. The zero-order chi connectivity index (χ0) is 29.1. The number of halogens is 1. The van der Waals surface area contributed by atoms with Gasteiger partial charge in [-0.25, -0.2) is 19.2 Å². The second-order valence-electron chi connectivity index (χ2n) is 10.1. The molecule has 42 heavy (non-hydrogen) atoms. The second kappa shape index (κ2) is 12.1. The fraction of sp³-hybridized carbons (Fsp3) is 0.333. The maximum Gasteiger partial charge on any atom is 0.323 e. The van der Waals surface area contributed by atoms with Gasteiger partial charge in [-0.3, -0.25) is 4.79 Å². The fourth-order valence-electron chi connectivity index (χ4n) is 5.15. The molecule has 4 aromatic rings. The third-order valence-corrected chi connectivity index (χ3v) is 7.41. The van der Waals surface area contributed by atoms with E-state index in [4.69, 9.17) is 19.4 Å². The summed E-state index contributed by atoms with van der Waals surface area (Å²) in [5, 5.41) is 6.29. The number of aromatic nitrogens is 3. The first kappa shape index (κ1) is 27.6. The Bertz CT molecular complexity index is 1600. The monoisotopic (exact) mass is 573 g/mol. The third kappa shape index (κ3) is 5.76. The Labute approximate surface area is 242 Å². The summed E-state index contributed by atoms with van der Waals surface area (Å²) in [4.78, 5) is 38.6. The van der Waals surface area contributed by atoms with Crippen LogP contribution >= 0.6 is 0 Å². The number of urea groups is 1. The van der Waals surface area contributed by atoms with Crippen molar-refractivity contribution in [2.75, 3.05) is 68.1 Å². The molecule has 2 aliphatic heterocycles. The summed E-state index contributed by atoms with van der Waals surface area (Å²) >= 11 is 0. The Morgan fingerprint density at radius 1 is 0.881 bits per heavy atom. The molecule has 2 fully saturated rings. The SMILES string of the molecule is CCn1ccc2c(N3CCOCC3)nc(-c3ccc(NC(=O)Nc4ccc(C(=O)N5CCOCC5)cc4)cc3F)nc21. The molecular formula is C30H32FN7O4. The number of ether oxygens (including phenoxy) is 2. The van der Waals surface area contributed by atoms with Gasteiger partial charge in [-0.2, -0.15) is 0 Å². The molecule has 2 saturated heterocycles. The van der Waals surface area contributed by atoms with E-state index in [0.29, 0.717) is 63.9 Å². The van der Waals surface area contributed by atoms with Crippen LogP contribution in [0.1, 0.15) is 17.3 Å². The number of morpholine rings is 2. The first-order valence-electron chi connectivity index (χ1n) is 14.0. The van der Waals surface area contributed by atoms with E-state index in [1.165, 1.54) is 6.07 Å². The molecule has 0 aliphatic carbocycles. The molecule has 11 nitrogen and oxygen atoms in total. The zero-order valence-electron chi connectivity index (χ0n) is 23.3. The Morgan fingerprint density at radius 2 is 1.55 bits per heavy atom. The largest absolute Gasteiger partial charge is 0.378 e. The van der Waals surface area contributed by atoms with Crippen LogP contribution in [0.25, 0.3) is 22.4 Å². The van der Waals surface area contributed by atoms with Crippen molar-refractivity contribution in [3.05, 3.63) is 66.1 Å². The molecule has 0 spiro atoms. The number of hydrogen-bond donors (Lipinski definition) is 2. The van der Waals surface area contributed by atoms with Gasteiger partial charge in [-0.15, -0.1) is 0 Å². The summed E-state index contributed by atoms with van der Waals surface area (Å²) in [5.41, 5.74) is 2.28. The van der Waals surface area contributed by atoms with Gasteiger partial charge >= 0.3 is 6.03 Å². The Balaban J connectivity index is 1.16. The van der Waals surface area contributed by atoms with Crippen LogP contribution in [0.4, 0.5) is 26.4 Å². The normalized spacial score (nSPS) is 15.6. The van der Waals surface area contributed by atoms with Crippen molar-refractivity contribution in [3.63, 3.8) is 0 Å². The molecule has 0 saturated carbocycles. The number of aryl methyl sites for hydroxylation is 1. The molecule has 6 rings (SSSR count). The number of hydrogen-bond acceptors (Lipinski definition) is 7. The second-order valence-corrected chi connectivity index (χ2v) is 10.1. The maximum absolute atomic E-state index is 15.4. The van der Waals surface area contributed by atoms with E-state index < -0.39 is 11.8 Å². The molecule has 0 radical (unpaired) electrons. The highest BCUT2D eigenvalue weighted by atomic mass is 19.1. The third-order valence-electron chi connectivity index (χ3n) is 7.41. The van der Waals surface area contributed by atoms with Crippen molar-refractivity contribution < 1.29 is 23.5 Å². The van der Waals surface area contributed by atoms with Crippen molar-refractivity contribution in [2.24, 2.45) is 0 Å². The topological polar surface area (TPSA) is 114 Å². The van der Waals surface area contributed by atoms with Crippen molar-refractivity contribution in [1.29, 1.82) is 0 Å². The average molecular weight is 574 g/mol. The summed E-state index contributed by atoms with van der Waals surface area (Å²) in [6.07, 6.45) is 1.96. The van der Waals surface area contributed by atoms with Gasteiger partial charge in [0.2, 0.25) is 0 Å². The van der Waals surface area contributed by atoms with E-state index in [1.807, 2.05) is 23.8 Å². The zero-order valence-corrected chi connectivity index (χ0v) is 23.3. The molecular weight excluding hydrogens is 541 g/mol. The molecule has 2 aliphatic rings. The minimum absolute atomic E-state index is 0.0760. The number of carbonyl (C=O) groups excluding carboxylic acids is 2. The van der Waals surface area contributed by atoms with Gasteiger partial charge in [-0.1, -0.05) is 0 Å². The number of anilines is 3. The van der Waals surface area contributed by atoms with Crippen LogP contribution < -0.4 is 15.5 Å². The van der Waals surface area contributed by atoms with E-state index in [-0.39, 0.29) is 23.0 Å². The Kier molecular flexibility index (Phi) is 7.97. The van der Waals surface area contributed by atoms with Gasteiger partial charge in [0.15, 0.2) is 5.82 Å². The van der Waals surface area contributed by atoms with E-state index in [9.17, 15) is 9.59 Å². The molecule has 0 unspecified atom stereocenters. The highest BCUT2D eigenvalue weighted by molar-refractivity contribution is 6.00. The fourth-order valence-corrected chi connectivity index (χ4v) is 5.15. The minimum atomic E-state index is -0.555. The van der Waals surface area contributed by atoms with Gasteiger partial charge < -0.3 is 34.5 Å². The number of nitrogens with one attached hydrogen (secondary N) is 2. The highest BCUT2D eigenvalue weighted by Crippen LogP contribution is 2.31. The lowest BCUT2D eigenvalue weighted by Crippen LogP contribution is -2.40. The lowest BCUT2D eigenvalue weighted by Gasteiger charge is -2.28. The first-order valence-corrected chi connectivity index (χ1v) is 14.0. The standard InChI is InChI=1S/C30H32FN7O4/c1-2-36-10-9-24-27(36)34-26(35-28(24)37-11-15-41-16-12-37)23-8-7-22(19-25(23)31)33-30(40)32-21-5-3-20(4-6-21)29(39)38-13-17-42-18-14-38/h3-10,19H,2,11-18H2,1H3,(H2,32,33,40). The number of amides is 3. The first-order chi connectivity index (χ1) is 20.5. The molecule has 2 aromatic carbocycles. The molecule has 12 heteroatoms. The predicted molar refractivity (Wildman–Crippen MR) is 157 cm³/mol. The molecule has 2 N–H and O–H groups in total. The Hall–Kier alpha value is -4.55. The summed E-state index contributed by atoms with van der Waals surface area (Å²) in [6.45, 7) is 7.49. The smallest absolute Gasteiger partial charge is 0.323 e. The summed E-state index contributed by atoms with van der Waals surface area (Å²) in [5.74, 6) is 0.398. The van der Waals surface area contributed by atoms with Crippen LogP contribution in [-0.4, -0.2) is 84.0 Å². The van der Waals surface area contributed by atoms with Crippen LogP contribution in [0.2, 0.25) is 0 Å². The van der Waals surface area contributed by atoms with E-state index in [1.54, 1.807) is 41.3 Å². The van der Waals surface area contributed by atoms with Crippen molar-refractivity contribution >= 4 is 40.2 Å². The lowest BCUT2D eigenvalue weighted by atomic mass is 10.1. The minimum Gasteiger partial charge on any atom is -0.378 e. The lowest BCUT2D eigenvalue weighted by molar-refractivity contribution is 0.0303. The van der Waals surface area contributed by atoms with Crippen molar-refractivity contribution in [3.8, 4) is 11.4 Å². The molecule has 4 heterocycles. The van der Waals surface area contributed by atoms with Crippen LogP contribution in [0.15, 0.2) is 54.7 Å². The van der Waals surface area contributed by atoms with E-state index in [0.717, 1.165) is 23.4 Å². The van der Waals surface area contributed by atoms with Crippen LogP contribution in [0.5, 0.6) is 0 Å². The Morgan fingerprint density at radius 3 is 2.24 bits per heavy atom. The van der Waals surface area contributed by atoms with E-state index in [2.05, 4.69) is 15.5 Å². The predicted octanol–water partition coefficient (Wildman–Crippen LogP) is 4.21. The summed E-state index contributed by atoms with van der Waals surface area (Å²) in [6, 6.07) is 12.5. The maximum atomic E-state index is 15.4. The molecule has 0 atom stereocenters. The van der Waals surface area contributed by atoms with E-state index >= 15 is 4.39 Å². The van der Waals surface area contributed by atoms with Crippen LogP contribution in [0, 0.1) is 5.82 Å². The van der Waals surface area contributed by atoms with Crippen molar-refractivity contribution in [1.82, 2.24) is 19.4 Å². The van der Waals surface area contributed by atoms with Crippen LogP contribution in [-0.2, 0) is 16.0 Å². The van der Waals surface area contributed by atoms with Gasteiger partial charge in [0, 0.05) is 55.9 Å². The van der Waals surface area contributed by atoms with Crippen LogP contribution in [0.3, 0.4) is 0 Å². The molecule has 0 bridgehead atoms. The number of fused-ring (bicyclic) bond motifs is 1. The summed E-state index contributed by atoms with van der Waals surface area (Å²) < 4.78 is 28.2. The van der Waals surface area contributed by atoms with Gasteiger partial charge in [0.25, 0.3) is 5.91 Å². The number of benzene rings is 2. The molecule has 3 amide bonds. The summed E-state index contributed by atoms with van der Waals surface area (Å²) in [7, 11) is 0. The number of nitrogens with zero attached hydrogens (tertiary/aromatic N) is 5. The number of rotatable bonds is 6. The van der Waals surface area contributed by atoms with Gasteiger partial charge in [-0.05, 0) is 55.5 Å². The average Bonchev–Trinajstić information content (AvgIpc) is 3.44. The quantitative estimate of drug-likeness (QED) is 0.355. The van der Waals surface area contributed by atoms with Gasteiger partial charge in [0.05, 0.1) is 37.4 Å². The molecule has 218 valence electrons.